The standard InChI is InChI=1S/C15H12Cl2N2O/c16-11-6-5-10(7-12(11)17)15(19-18)14-8-9-3-1-2-4-13(9)20-14/h1-8,15,19H,18H2. The fourth-order valence-corrected chi connectivity index (χ4v) is 2.49. The molecule has 0 bridgehead atoms. The summed E-state index contributed by atoms with van der Waals surface area (Å²) in [4.78, 5) is 0. The molecule has 0 fully saturated rings. The molecule has 0 amide bonds. The summed E-state index contributed by atoms with van der Waals surface area (Å²) in [6.07, 6.45) is 0. The van der Waals surface area contributed by atoms with E-state index >= 15 is 0 Å². The predicted octanol–water partition coefficient (Wildman–Crippen LogP) is 4.29. The first kappa shape index (κ1) is 13.5. The van der Waals surface area contributed by atoms with Gasteiger partial charge in [-0.25, -0.2) is 5.43 Å². The van der Waals surface area contributed by atoms with Crippen LogP contribution in [0.3, 0.4) is 0 Å². The van der Waals surface area contributed by atoms with Crippen LogP contribution >= 0.6 is 23.2 Å². The highest BCUT2D eigenvalue weighted by molar-refractivity contribution is 6.42. The number of hydrazine groups is 1. The third kappa shape index (κ3) is 2.41. The van der Waals surface area contributed by atoms with Gasteiger partial charge in [0, 0.05) is 5.39 Å². The lowest BCUT2D eigenvalue weighted by Crippen LogP contribution is -2.28. The van der Waals surface area contributed by atoms with Crippen molar-refractivity contribution in [3.05, 3.63) is 69.9 Å². The van der Waals surface area contributed by atoms with E-state index < -0.39 is 0 Å². The van der Waals surface area contributed by atoms with Crippen LogP contribution in [-0.4, -0.2) is 0 Å². The average Bonchev–Trinajstić information content (AvgIpc) is 2.87. The van der Waals surface area contributed by atoms with Crippen LogP contribution in [0.25, 0.3) is 11.0 Å². The summed E-state index contributed by atoms with van der Waals surface area (Å²) in [6, 6.07) is 14.9. The van der Waals surface area contributed by atoms with Crippen LogP contribution in [0.2, 0.25) is 10.0 Å². The second-order valence-corrected chi connectivity index (χ2v) is 5.27. The zero-order chi connectivity index (χ0) is 14.1. The van der Waals surface area contributed by atoms with Crippen LogP contribution < -0.4 is 11.3 Å². The number of fused-ring (bicyclic) bond motifs is 1. The number of para-hydroxylation sites is 1. The maximum absolute atomic E-state index is 6.05. The first-order valence-corrected chi connectivity index (χ1v) is 6.84. The Morgan fingerprint density at radius 3 is 2.50 bits per heavy atom. The average molecular weight is 307 g/mol. The summed E-state index contributed by atoms with van der Waals surface area (Å²) in [5.74, 6) is 6.39. The number of nitrogens with two attached hydrogens (primary N) is 1. The van der Waals surface area contributed by atoms with Crippen LogP contribution in [0.4, 0.5) is 0 Å². The monoisotopic (exact) mass is 306 g/mol. The number of rotatable bonds is 3. The lowest BCUT2D eigenvalue weighted by atomic mass is 10.1. The van der Waals surface area contributed by atoms with E-state index in [1.165, 1.54) is 0 Å². The molecule has 3 rings (SSSR count). The molecule has 3 N–H and O–H groups in total. The van der Waals surface area contributed by atoms with E-state index in [0.717, 1.165) is 22.3 Å². The lowest BCUT2D eigenvalue weighted by molar-refractivity contribution is 0.477. The van der Waals surface area contributed by atoms with Crippen molar-refractivity contribution < 1.29 is 4.42 Å². The van der Waals surface area contributed by atoms with Crippen molar-refractivity contribution in [1.29, 1.82) is 0 Å². The van der Waals surface area contributed by atoms with Gasteiger partial charge in [-0.05, 0) is 29.8 Å². The molecular formula is C15H12Cl2N2O. The van der Waals surface area contributed by atoms with Gasteiger partial charge < -0.3 is 4.42 Å². The highest BCUT2D eigenvalue weighted by Crippen LogP contribution is 2.31. The Labute approximate surface area is 126 Å². The minimum absolute atomic E-state index is 0.280. The molecule has 1 aromatic heterocycles. The predicted molar refractivity (Wildman–Crippen MR) is 81.8 cm³/mol. The summed E-state index contributed by atoms with van der Waals surface area (Å²) < 4.78 is 5.83. The van der Waals surface area contributed by atoms with Crippen molar-refractivity contribution in [3.8, 4) is 0 Å². The van der Waals surface area contributed by atoms with Crippen LogP contribution in [0, 0.1) is 0 Å². The molecular weight excluding hydrogens is 295 g/mol. The summed E-state index contributed by atoms with van der Waals surface area (Å²) in [5.41, 5.74) is 4.46. The Kier molecular flexibility index (Phi) is 3.68. The Balaban J connectivity index is 2.06. The number of benzene rings is 2. The third-order valence-corrected chi connectivity index (χ3v) is 3.91. The highest BCUT2D eigenvalue weighted by Gasteiger charge is 2.18. The number of hydrogen-bond donors (Lipinski definition) is 2. The van der Waals surface area contributed by atoms with Crippen LogP contribution in [0.5, 0.6) is 0 Å². The molecule has 1 unspecified atom stereocenters. The summed E-state index contributed by atoms with van der Waals surface area (Å²) >= 11 is 12.0. The molecule has 0 radical (unpaired) electrons. The topological polar surface area (TPSA) is 51.2 Å². The number of hydrogen-bond acceptors (Lipinski definition) is 3. The molecule has 102 valence electrons. The fraction of sp³-hybridized carbons (Fsp3) is 0.0667. The minimum atomic E-state index is -0.280. The van der Waals surface area contributed by atoms with Gasteiger partial charge in [-0.3, -0.25) is 5.84 Å². The van der Waals surface area contributed by atoms with Gasteiger partial charge in [-0.2, -0.15) is 0 Å². The van der Waals surface area contributed by atoms with Crippen molar-refractivity contribution in [3.63, 3.8) is 0 Å². The van der Waals surface area contributed by atoms with Crippen LogP contribution in [-0.2, 0) is 0 Å². The van der Waals surface area contributed by atoms with Crippen molar-refractivity contribution in [2.24, 2.45) is 5.84 Å². The van der Waals surface area contributed by atoms with E-state index in [1.54, 1.807) is 12.1 Å². The molecule has 0 saturated heterocycles. The SMILES string of the molecule is NNC(c1ccc(Cl)c(Cl)c1)c1cc2ccccc2o1. The summed E-state index contributed by atoms with van der Waals surface area (Å²) in [7, 11) is 0. The lowest BCUT2D eigenvalue weighted by Gasteiger charge is -2.14. The number of furan rings is 1. The molecule has 0 aliphatic carbocycles. The molecule has 5 heteroatoms. The Morgan fingerprint density at radius 2 is 1.80 bits per heavy atom. The van der Waals surface area contributed by atoms with Gasteiger partial charge in [0.1, 0.15) is 17.4 Å². The van der Waals surface area contributed by atoms with E-state index in [1.807, 2.05) is 36.4 Å². The van der Waals surface area contributed by atoms with Crippen LogP contribution in [0.1, 0.15) is 17.4 Å². The molecule has 1 atom stereocenters. The van der Waals surface area contributed by atoms with E-state index in [4.69, 9.17) is 33.5 Å². The number of halogens is 2. The third-order valence-electron chi connectivity index (χ3n) is 3.17. The van der Waals surface area contributed by atoms with Gasteiger partial charge in [-0.1, -0.05) is 47.5 Å². The van der Waals surface area contributed by atoms with Crippen molar-refractivity contribution in [1.82, 2.24) is 5.43 Å². The Hall–Kier alpha value is -1.52. The minimum Gasteiger partial charge on any atom is -0.459 e. The van der Waals surface area contributed by atoms with E-state index in [0.29, 0.717) is 10.0 Å². The Morgan fingerprint density at radius 1 is 1.00 bits per heavy atom. The molecule has 0 aliphatic heterocycles. The van der Waals surface area contributed by atoms with Crippen molar-refractivity contribution in [2.75, 3.05) is 0 Å². The van der Waals surface area contributed by atoms with Gasteiger partial charge in [0.25, 0.3) is 0 Å². The highest BCUT2D eigenvalue weighted by atomic mass is 35.5. The molecule has 1 heterocycles. The molecule has 3 aromatic rings. The summed E-state index contributed by atoms with van der Waals surface area (Å²) in [5, 5.41) is 2.03. The molecule has 0 saturated carbocycles. The van der Waals surface area contributed by atoms with Gasteiger partial charge in [0.05, 0.1) is 10.0 Å². The molecule has 0 aliphatic rings. The zero-order valence-corrected chi connectivity index (χ0v) is 11.9. The molecule has 0 spiro atoms. The normalized spacial score (nSPS) is 12.8. The smallest absolute Gasteiger partial charge is 0.134 e. The molecule has 3 nitrogen and oxygen atoms in total. The second-order valence-electron chi connectivity index (χ2n) is 4.46. The van der Waals surface area contributed by atoms with Gasteiger partial charge in [0.2, 0.25) is 0 Å². The number of nitrogens with one attached hydrogen (secondary N) is 1. The van der Waals surface area contributed by atoms with Gasteiger partial charge >= 0.3 is 0 Å². The first-order chi connectivity index (χ1) is 9.69. The second kappa shape index (κ2) is 5.46. The van der Waals surface area contributed by atoms with Crippen molar-refractivity contribution >= 4 is 34.2 Å². The molecule has 20 heavy (non-hydrogen) atoms. The quantitative estimate of drug-likeness (QED) is 0.560. The van der Waals surface area contributed by atoms with Gasteiger partial charge in [0.15, 0.2) is 0 Å². The van der Waals surface area contributed by atoms with E-state index in [-0.39, 0.29) is 6.04 Å². The zero-order valence-electron chi connectivity index (χ0n) is 10.4. The Bertz CT molecular complexity index is 721. The van der Waals surface area contributed by atoms with E-state index in [9.17, 15) is 0 Å². The fourth-order valence-electron chi connectivity index (χ4n) is 2.18. The first-order valence-electron chi connectivity index (χ1n) is 6.08. The maximum atomic E-state index is 6.05. The molecule has 2 aromatic carbocycles. The van der Waals surface area contributed by atoms with Crippen LogP contribution in [0.15, 0.2) is 52.9 Å². The largest absolute Gasteiger partial charge is 0.459 e. The maximum Gasteiger partial charge on any atom is 0.134 e. The summed E-state index contributed by atoms with van der Waals surface area (Å²) in [6.45, 7) is 0. The van der Waals surface area contributed by atoms with Crippen molar-refractivity contribution in [2.45, 2.75) is 6.04 Å². The van der Waals surface area contributed by atoms with Gasteiger partial charge in [-0.15, -0.1) is 0 Å². The van der Waals surface area contributed by atoms with E-state index in [2.05, 4.69) is 5.43 Å².